The second-order valence-corrected chi connectivity index (χ2v) is 8.39. The molecule has 1 amide bonds. The summed E-state index contributed by atoms with van der Waals surface area (Å²) in [6, 6.07) is 15.5. The van der Waals surface area contributed by atoms with Crippen LogP contribution < -0.4 is 18.9 Å². The lowest BCUT2D eigenvalue weighted by atomic mass is 9.94. The highest BCUT2D eigenvalue weighted by molar-refractivity contribution is 6.06. The summed E-state index contributed by atoms with van der Waals surface area (Å²) in [4.78, 5) is 20.0. The van der Waals surface area contributed by atoms with E-state index in [1.54, 1.807) is 37.3 Å². The Hall–Kier alpha value is -4.33. The molecule has 0 spiro atoms. The molecule has 3 aromatic carbocycles. The summed E-state index contributed by atoms with van der Waals surface area (Å²) in [7, 11) is 3.16. The van der Waals surface area contributed by atoms with E-state index in [0.29, 0.717) is 47.3 Å². The van der Waals surface area contributed by atoms with Crippen molar-refractivity contribution >= 4 is 16.8 Å². The molecule has 8 heteroatoms. The van der Waals surface area contributed by atoms with Crippen molar-refractivity contribution in [3.05, 3.63) is 77.2 Å². The highest BCUT2D eigenvalue weighted by Gasteiger charge is 2.33. The largest absolute Gasteiger partial charge is 0.493 e. The normalized spacial score (nSPS) is 13.9. The first-order chi connectivity index (χ1) is 17.1. The van der Waals surface area contributed by atoms with Gasteiger partial charge in [0.05, 0.1) is 19.7 Å². The highest BCUT2D eigenvalue weighted by Crippen LogP contribution is 2.43. The first-order valence-electron chi connectivity index (χ1n) is 11.1. The maximum atomic E-state index is 13.7. The van der Waals surface area contributed by atoms with Crippen molar-refractivity contribution in [1.82, 2.24) is 9.88 Å². The summed E-state index contributed by atoms with van der Waals surface area (Å²) >= 11 is 0. The summed E-state index contributed by atoms with van der Waals surface area (Å²) in [5.74, 6) is 1.93. The molecule has 0 saturated carbocycles. The van der Waals surface area contributed by atoms with Gasteiger partial charge >= 0.3 is 0 Å². The summed E-state index contributed by atoms with van der Waals surface area (Å²) in [5.41, 5.74) is 4.34. The zero-order valence-electron chi connectivity index (χ0n) is 19.1. The van der Waals surface area contributed by atoms with Crippen molar-refractivity contribution in [1.29, 1.82) is 0 Å². The maximum Gasteiger partial charge on any atom is 0.273 e. The van der Waals surface area contributed by atoms with Crippen LogP contribution in [0.3, 0.4) is 0 Å². The van der Waals surface area contributed by atoms with Crippen molar-refractivity contribution in [2.75, 3.05) is 21.0 Å². The van der Waals surface area contributed by atoms with E-state index in [-0.39, 0.29) is 18.5 Å². The van der Waals surface area contributed by atoms with Crippen molar-refractivity contribution in [3.63, 3.8) is 0 Å². The molecule has 0 N–H and O–H groups in total. The van der Waals surface area contributed by atoms with E-state index in [9.17, 15) is 9.18 Å². The van der Waals surface area contributed by atoms with Crippen LogP contribution in [-0.2, 0) is 13.1 Å². The van der Waals surface area contributed by atoms with Crippen LogP contribution in [0.2, 0.25) is 0 Å². The summed E-state index contributed by atoms with van der Waals surface area (Å²) in [6.07, 6.45) is 0. The second-order valence-electron chi connectivity index (χ2n) is 8.39. The minimum absolute atomic E-state index is 0.134. The fourth-order valence-corrected chi connectivity index (χ4v) is 4.71. The number of benzene rings is 3. The Morgan fingerprint density at radius 1 is 0.971 bits per heavy atom. The topological polar surface area (TPSA) is 70.1 Å². The summed E-state index contributed by atoms with van der Waals surface area (Å²) < 4.78 is 35.6. The minimum Gasteiger partial charge on any atom is -0.493 e. The second kappa shape index (κ2) is 8.16. The molecule has 0 unspecified atom stereocenters. The molecule has 0 bridgehead atoms. The molecule has 1 aromatic heterocycles. The molecule has 35 heavy (non-hydrogen) atoms. The van der Waals surface area contributed by atoms with E-state index in [2.05, 4.69) is 0 Å². The number of nitrogens with zero attached hydrogens (tertiary/aromatic N) is 2. The van der Waals surface area contributed by atoms with Crippen molar-refractivity contribution in [2.24, 2.45) is 0 Å². The molecule has 0 aliphatic carbocycles. The minimum atomic E-state index is -0.326. The van der Waals surface area contributed by atoms with E-state index in [4.69, 9.17) is 23.9 Å². The first kappa shape index (κ1) is 21.2. The molecule has 4 aromatic rings. The molecule has 0 atom stereocenters. The van der Waals surface area contributed by atoms with E-state index in [1.807, 2.05) is 24.3 Å². The Morgan fingerprint density at radius 2 is 1.71 bits per heavy atom. The number of methoxy groups -OCH3 is 2. The quantitative estimate of drug-likeness (QED) is 0.410. The number of ether oxygens (including phenoxy) is 4. The highest BCUT2D eigenvalue weighted by atomic mass is 19.1. The number of fused-ring (bicyclic) bond motifs is 3. The van der Waals surface area contributed by atoms with E-state index in [0.717, 1.165) is 27.6 Å². The molecule has 176 valence electrons. The van der Waals surface area contributed by atoms with Gasteiger partial charge in [0.15, 0.2) is 23.0 Å². The summed E-state index contributed by atoms with van der Waals surface area (Å²) in [5, 5.41) is 0.820. The lowest BCUT2D eigenvalue weighted by Crippen LogP contribution is -2.23. The molecular weight excluding hydrogens is 451 g/mol. The van der Waals surface area contributed by atoms with Crippen molar-refractivity contribution in [2.45, 2.75) is 13.1 Å². The lowest BCUT2D eigenvalue weighted by Gasteiger charge is -2.17. The van der Waals surface area contributed by atoms with Gasteiger partial charge in [-0.05, 0) is 47.0 Å². The van der Waals surface area contributed by atoms with E-state index in [1.165, 1.54) is 12.1 Å². The van der Waals surface area contributed by atoms with Gasteiger partial charge in [0, 0.05) is 30.1 Å². The van der Waals surface area contributed by atoms with Gasteiger partial charge < -0.3 is 23.8 Å². The number of hydrogen-bond acceptors (Lipinski definition) is 6. The third kappa shape index (κ3) is 3.49. The Kier molecular flexibility index (Phi) is 4.95. The molecule has 0 saturated heterocycles. The molecular formula is C27H21FN2O5. The number of amides is 1. The van der Waals surface area contributed by atoms with E-state index < -0.39 is 0 Å². The van der Waals surface area contributed by atoms with Gasteiger partial charge in [0.1, 0.15) is 11.5 Å². The summed E-state index contributed by atoms with van der Waals surface area (Å²) in [6.45, 7) is 0.874. The van der Waals surface area contributed by atoms with Gasteiger partial charge in [-0.1, -0.05) is 18.2 Å². The van der Waals surface area contributed by atoms with E-state index >= 15 is 0 Å². The standard InChI is InChI=1S/C27H21FN2O5/c1-32-21-8-3-15(9-22(21)33-2)12-30-13-19-25(16-4-6-17(28)7-5-16)18-10-23-24(35-14-34-23)11-20(18)29-26(19)27(30)31/h3-11H,12-14H2,1-2H3. The SMILES string of the molecule is COc1ccc(CN2Cc3c(nc4cc5c(cc4c3-c3ccc(F)cc3)OCO5)C2=O)cc1OC. The van der Waals surface area contributed by atoms with Gasteiger partial charge in [0.2, 0.25) is 6.79 Å². The maximum absolute atomic E-state index is 13.7. The van der Waals surface area contributed by atoms with Crippen LogP contribution in [0.25, 0.3) is 22.0 Å². The van der Waals surface area contributed by atoms with Crippen LogP contribution in [0.15, 0.2) is 54.6 Å². The molecule has 0 fully saturated rings. The zero-order valence-corrected chi connectivity index (χ0v) is 19.1. The molecule has 2 aliphatic heterocycles. The van der Waals surface area contributed by atoms with Gasteiger partial charge in [-0.25, -0.2) is 9.37 Å². The predicted molar refractivity (Wildman–Crippen MR) is 126 cm³/mol. The number of hydrogen-bond donors (Lipinski definition) is 0. The van der Waals surface area contributed by atoms with Crippen LogP contribution in [0.5, 0.6) is 23.0 Å². The third-order valence-corrected chi connectivity index (χ3v) is 6.37. The third-order valence-electron chi connectivity index (χ3n) is 6.37. The molecule has 3 heterocycles. The Bertz CT molecular complexity index is 1490. The average Bonchev–Trinajstić information content (AvgIpc) is 3.45. The fraction of sp³-hybridized carbons (Fsp3) is 0.185. The zero-order chi connectivity index (χ0) is 24.1. The van der Waals surface area contributed by atoms with Crippen LogP contribution in [0.4, 0.5) is 4.39 Å². The van der Waals surface area contributed by atoms with Gasteiger partial charge in [0.25, 0.3) is 5.91 Å². The molecule has 0 radical (unpaired) electrons. The Labute approximate surface area is 200 Å². The van der Waals surface area contributed by atoms with Crippen LogP contribution in [-0.4, -0.2) is 36.8 Å². The number of carbonyl (C=O) groups is 1. The number of halogens is 1. The lowest BCUT2D eigenvalue weighted by molar-refractivity contribution is 0.0762. The molecule has 7 nitrogen and oxygen atoms in total. The predicted octanol–water partition coefficient (Wildman–Crippen LogP) is 4.94. The number of carbonyl (C=O) groups excluding carboxylic acids is 1. The Morgan fingerprint density at radius 3 is 2.46 bits per heavy atom. The molecule has 6 rings (SSSR count). The van der Waals surface area contributed by atoms with Crippen LogP contribution in [0.1, 0.15) is 21.6 Å². The Balaban J connectivity index is 1.46. The first-order valence-corrected chi connectivity index (χ1v) is 11.1. The van der Waals surface area contributed by atoms with Crippen molar-refractivity contribution in [3.8, 4) is 34.1 Å². The number of rotatable bonds is 5. The van der Waals surface area contributed by atoms with Crippen LogP contribution >= 0.6 is 0 Å². The number of aromatic nitrogens is 1. The molecule has 2 aliphatic rings. The van der Waals surface area contributed by atoms with Gasteiger partial charge in [-0.15, -0.1) is 0 Å². The van der Waals surface area contributed by atoms with Crippen molar-refractivity contribution < 1.29 is 28.1 Å². The average molecular weight is 472 g/mol. The van der Waals surface area contributed by atoms with Gasteiger partial charge in [-0.3, -0.25) is 4.79 Å². The van der Waals surface area contributed by atoms with Gasteiger partial charge in [-0.2, -0.15) is 0 Å². The monoisotopic (exact) mass is 472 g/mol. The smallest absolute Gasteiger partial charge is 0.273 e. The number of pyridine rings is 1. The fourth-order valence-electron chi connectivity index (χ4n) is 4.71. The van der Waals surface area contributed by atoms with Crippen LogP contribution in [0, 0.1) is 5.82 Å².